The van der Waals surface area contributed by atoms with Crippen LogP contribution >= 0.6 is 0 Å². The van der Waals surface area contributed by atoms with E-state index in [2.05, 4.69) is 29.4 Å². The summed E-state index contributed by atoms with van der Waals surface area (Å²) in [5, 5.41) is 6.41. The highest BCUT2D eigenvalue weighted by molar-refractivity contribution is 5.78. The van der Waals surface area contributed by atoms with E-state index in [4.69, 9.17) is 4.74 Å². The van der Waals surface area contributed by atoms with Crippen molar-refractivity contribution in [2.75, 3.05) is 53.0 Å². The van der Waals surface area contributed by atoms with Crippen molar-refractivity contribution >= 4 is 5.91 Å². The Balaban J connectivity index is 2.17. The Morgan fingerprint density at radius 1 is 1.45 bits per heavy atom. The molecule has 1 fully saturated rings. The Kier molecular flexibility index (Phi) is 8.82. The molecule has 1 saturated heterocycles. The Hall–Kier alpha value is -0.650. The van der Waals surface area contributed by atoms with Crippen LogP contribution < -0.4 is 10.6 Å². The highest BCUT2D eigenvalue weighted by atomic mass is 16.5. The molecule has 1 heterocycles. The third kappa shape index (κ3) is 7.82. The van der Waals surface area contributed by atoms with Crippen LogP contribution in [-0.4, -0.2) is 63.8 Å². The molecule has 0 aromatic heterocycles. The summed E-state index contributed by atoms with van der Waals surface area (Å²) in [7, 11) is 1.72. The Morgan fingerprint density at radius 3 is 2.95 bits per heavy atom. The van der Waals surface area contributed by atoms with Crippen LogP contribution in [-0.2, 0) is 9.53 Å². The molecule has 0 bridgehead atoms. The summed E-state index contributed by atoms with van der Waals surface area (Å²) in [4.78, 5) is 14.1. The average molecular weight is 285 g/mol. The van der Waals surface area contributed by atoms with Gasteiger partial charge in [0.2, 0.25) is 5.91 Å². The van der Waals surface area contributed by atoms with Gasteiger partial charge in [-0.1, -0.05) is 13.8 Å². The Bertz CT molecular complexity index is 272. The van der Waals surface area contributed by atoms with Crippen LogP contribution in [0.5, 0.6) is 0 Å². The van der Waals surface area contributed by atoms with E-state index in [0.29, 0.717) is 18.4 Å². The first-order valence-corrected chi connectivity index (χ1v) is 7.80. The van der Waals surface area contributed by atoms with Gasteiger partial charge in [0.05, 0.1) is 13.2 Å². The number of rotatable bonds is 9. The van der Waals surface area contributed by atoms with E-state index >= 15 is 0 Å². The number of hydrogen-bond donors (Lipinski definition) is 2. The molecule has 5 nitrogen and oxygen atoms in total. The molecule has 0 aromatic carbocycles. The molecule has 1 atom stereocenters. The standard InChI is InChI=1S/C15H31N3O2/c1-13(2)9-17-15(19)12-18-7-4-5-14(11-18)10-16-6-8-20-3/h13-14,16H,4-12H2,1-3H3,(H,17,19). The number of nitrogens with zero attached hydrogens (tertiary/aromatic N) is 1. The van der Waals surface area contributed by atoms with Gasteiger partial charge in [-0.25, -0.2) is 0 Å². The second-order valence-corrected chi connectivity index (χ2v) is 6.14. The monoisotopic (exact) mass is 285 g/mol. The van der Waals surface area contributed by atoms with Gasteiger partial charge in [-0.2, -0.15) is 0 Å². The number of carbonyl (C=O) groups is 1. The first-order valence-electron chi connectivity index (χ1n) is 7.80. The van der Waals surface area contributed by atoms with Crippen molar-refractivity contribution in [1.29, 1.82) is 0 Å². The minimum atomic E-state index is 0.159. The lowest BCUT2D eigenvalue weighted by Crippen LogP contribution is -2.45. The minimum absolute atomic E-state index is 0.159. The number of piperidine rings is 1. The largest absolute Gasteiger partial charge is 0.383 e. The number of methoxy groups -OCH3 is 1. The van der Waals surface area contributed by atoms with E-state index in [-0.39, 0.29) is 5.91 Å². The van der Waals surface area contributed by atoms with Crippen molar-refractivity contribution in [2.24, 2.45) is 11.8 Å². The van der Waals surface area contributed by atoms with Crippen LogP contribution in [0.2, 0.25) is 0 Å². The zero-order valence-corrected chi connectivity index (χ0v) is 13.3. The van der Waals surface area contributed by atoms with E-state index in [1.165, 1.54) is 12.8 Å². The summed E-state index contributed by atoms with van der Waals surface area (Å²) in [6.07, 6.45) is 2.44. The third-order valence-electron chi connectivity index (χ3n) is 3.59. The topological polar surface area (TPSA) is 53.6 Å². The van der Waals surface area contributed by atoms with E-state index in [1.807, 2.05) is 0 Å². The first kappa shape index (κ1) is 17.4. The number of nitrogens with one attached hydrogen (secondary N) is 2. The molecule has 0 aliphatic carbocycles. The molecule has 1 aliphatic rings. The lowest BCUT2D eigenvalue weighted by Gasteiger charge is -2.32. The molecule has 0 saturated carbocycles. The Morgan fingerprint density at radius 2 is 2.25 bits per heavy atom. The smallest absolute Gasteiger partial charge is 0.234 e. The molecule has 2 N–H and O–H groups in total. The maximum absolute atomic E-state index is 11.8. The summed E-state index contributed by atoms with van der Waals surface area (Å²) < 4.78 is 5.03. The van der Waals surface area contributed by atoms with Crippen molar-refractivity contribution in [3.8, 4) is 0 Å². The molecular formula is C15H31N3O2. The fraction of sp³-hybridized carbons (Fsp3) is 0.933. The molecule has 1 aliphatic heterocycles. The first-order chi connectivity index (χ1) is 9.61. The van der Waals surface area contributed by atoms with Gasteiger partial charge in [0, 0.05) is 26.7 Å². The van der Waals surface area contributed by atoms with Crippen LogP contribution in [0.1, 0.15) is 26.7 Å². The number of carbonyl (C=O) groups excluding carboxylic acids is 1. The summed E-state index contributed by atoms with van der Waals surface area (Å²) >= 11 is 0. The van der Waals surface area contributed by atoms with Gasteiger partial charge >= 0.3 is 0 Å². The molecular weight excluding hydrogens is 254 g/mol. The number of ether oxygens (including phenoxy) is 1. The number of likely N-dealkylation sites (tertiary alicyclic amines) is 1. The van der Waals surface area contributed by atoms with Gasteiger partial charge in [0.15, 0.2) is 0 Å². The summed E-state index contributed by atoms with van der Waals surface area (Å²) in [5.74, 6) is 1.32. The van der Waals surface area contributed by atoms with Gasteiger partial charge in [-0.05, 0) is 37.8 Å². The normalized spacial score (nSPS) is 20.3. The second kappa shape index (κ2) is 10.1. The van der Waals surface area contributed by atoms with Crippen molar-refractivity contribution < 1.29 is 9.53 Å². The SMILES string of the molecule is COCCNCC1CCCN(CC(=O)NCC(C)C)C1. The summed E-state index contributed by atoms with van der Waals surface area (Å²) in [6.45, 7) is 10.3. The van der Waals surface area contributed by atoms with E-state index in [1.54, 1.807) is 7.11 Å². The molecule has 1 unspecified atom stereocenters. The predicted octanol–water partition coefficient (Wildman–Crippen LogP) is 0.707. The molecule has 1 rings (SSSR count). The Labute approximate surface area is 123 Å². The highest BCUT2D eigenvalue weighted by Gasteiger charge is 2.21. The summed E-state index contributed by atoms with van der Waals surface area (Å²) in [5.41, 5.74) is 0. The van der Waals surface area contributed by atoms with Crippen molar-refractivity contribution in [2.45, 2.75) is 26.7 Å². The second-order valence-electron chi connectivity index (χ2n) is 6.14. The predicted molar refractivity (Wildman–Crippen MR) is 81.8 cm³/mol. The van der Waals surface area contributed by atoms with Crippen molar-refractivity contribution in [3.05, 3.63) is 0 Å². The highest BCUT2D eigenvalue weighted by Crippen LogP contribution is 2.15. The average Bonchev–Trinajstić information content (AvgIpc) is 2.42. The van der Waals surface area contributed by atoms with E-state index in [0.717, 1.165) is 39.3 Å². The molecule has 0 spiro atoms. The van der Waals surface area contributed by atoms with Crippen molar-refractivity contribution in [3.63, 3.8) is 0 Å². The minimum Gasteiger partial charge on any atom is -0.383 e. The number of amides is 1. The fourth-order valence-corrected chi connectivity index (χ4v) is 2.52. The maximum atomic E-state index is 11.8. The zero-order chi connectivity index (χ0) is 14.8. The molecule has 1 amide bonds. The van der Waals surface area contributed by atoms with Crippen molar-refractivity contribution in [1.82, 2.24) is 15.5 Å². The van der Waals surface area contributed by atoms with Crippen LogP contribution in [0.4, 0.5) is 0 Å². The van der Waals surface area contributed by atoms with Gasteiger partial charge in [-0.15, -0.1) is 0 Å². The van der Waals surface area contributed by atoms with Crippen LogP contribution in [0, 0.1) is 11.8 Å². The zero-order valence-electron chi connectivity index (χ0n) is 13.3. The molecule has 5 heteroatoms. The van der Waals surface area contributed by atoms with Crippen LogP contribution in [0.25, 0.3) is 0 Å². The van der Waals surface area contributed by atoms with Gasteiger partial charge in [0.25, 0.3) is 0 Å². The molecule has 118 valence electrons. The van der Waals surface area contributed by atoms with Gasteiger partial charge < -0.3 is 15.4 Å². The van der Waals surface area contributed by atoms with Crippen LogP contribution in [0.15, 0.2) is 0 Å². The maximum Gasteiger partial charge on any atom is 0.234 e. The van der Waals surface area contributed by atoms with E-state index < -0.39 is 0 Å². The quantitative estimate of drug-likeness (QED) is 0.613. The van der Waals surface area contributed by atoms with Crippen LogP contribution in [0.3, 0.4) is 0 Å². The summed E-state index contributed by atoms with van der Waals surface area (Å²) in [6, 6.07) is 0. The van der Waals surface area contributed by atoms with Gasteiger partial charge in [0.1, 0.15) is 0 Å². The lowest BCUT2D eigenvalue weighted by molar-refractivity contribution is -0.122. The van der Waals surface area contributed by atoms with E-state index in [9.17, 15) is 4.79 Å². The molecule has 0 radical (unpaired) electrons. The molecule has 20 heavy (non-hydrogen) atoms. The van der Waals surface area contributed by atoms with Gasteiger partial charge in [-0.3, -0.25) is 9.69 Å². The lowest BCUT2D eigenvalue weighted by atomic mass is 9.98. The number of hydrogen-bond acceptors (Lipinski definition) is 4. The third-order valence-corrected chi connectivity index (χ3v) is 3.59. The molecule has 0 aromatic rings. The fourth-order valence-electron chi connectivity index (χ4n) is 2.52.